The highest BCUT2D eigenvalue weighted by Gasteiger charge is 2.59. The fourth-order valence-electron chi connectivity index (χ4n) is 2.38. The second-order valence-corrected chi connectivity index (χ2v) is 6.11. The van der Waals surface area contributed by atoms with Crippen LogP contribution in [-0.2, 0) is 5.92 Å². The Morgan fingerprint density at radius 1 is 1.16 bits per heavy atom. The number of benzene rings is 1. The number of rotatable bonds is 3. The number of fused-ring (bicyclic) bond motifs is 3. The summed E-state index contributed by atoms with van der Waals surface area (Å²) in [5.74, 6) is -5.08. The van der Waals surface area contributed by atoms with Gasteiger partial charge in [0, 0.05) is 11.1 Å². The molecule has 0 spiro atoms. The largest absolute Gasteiger partial charge is 0.458 e. The minimum Gasteiger partial charge on any atom is -0.365 e. The van der Waals surface area contributed by atoms with Gasteiger partial charge in [-0.2, -0.15) is 22.0 Å². The van der Waals surface area contributed by atoms with Crippen LogP contribution in [0.1, 0.15) is 19.4 Å². The Kier molecular flexibility index (Phi) is 3.98. The van der Waals surface area contributed by atoms with Crippen molar-refractivity contribution in [1.82, 2.24) is 19.6 Å². The summed E-state index contributed by atoms with van der Waals surface area (Å²) in [6, 6.07) is 1.64. The van der Waals surface area contributed by atoms with Crippen molar-refractivity contribution >= 4 is 34.1 Å². The number of halogens is 6. The Morgan fingerprint density at radius 2 is 1.84 bits per heavy atom. The number of nitrogens with one attached hydrogen (secondary N) is 1. The van der Waals surface area contributed by atoms with Crippen molar-refractivity contribution in [2.24, 2.45) is 0 Å². The third-order valence-electron chi connectivity index (χ3n) is 3.42. The van der Waals surface area contributed by atoms with E-state index in [2.05, 4.69) is 20.5 Å². The van der Waals surface area contributed by atoms with Crippen LogP contribution in [0, 0.1) is 0 Å². The fourth-order valence-corrected chi connectivity index (χ4v) is 2.60. The van der Waals surface area contributed by atoms with Crippen molar-refractivity contribution in [2.45, 2.75) is 32.0 Å². The van der Waals surface area contributed by atoms with Gasteiger partial charge in [-0.3, -0.25) is 4.40 Å². The van der Waals surface area contributed by atoms with Crippen molar-refractivity contribution in [1.29, 1.82) is 0 Å². The molecule has 1 N–H and O–H groups in total. The lowest BCUT2D eigenvalue weighted by Gasteiger charge is -2.22. The third kappa shape index (κ3) is 2.84. The first-order valence-electron chi connectivity index (χ1n) is 7.07. The molecule has 5 nitrogen and oxygen atoms in total. The molecule has 11 heteroatoms. The van der Waals surface area contributed by atoms with Gasteiger partial charge in [0.1, 0.15) is 6.33 Å². The lowest BCUT2D eigenvalue weighted by molar-refractivity contribution is -0.288. The molecule has 0 atom stereocenters. The molecule has 2 aromatic heterocycles. The summed E-state index contributed by atoms with van der Waals surface area (Å²) in [5.41, 5.74) is -1.74. The maximum Gasteiger partial charge on any atom is 0.458 e. The highest BCUT2D eigenvalue weighted by Crippen LogP contribution is 2.46. The van der Waals surface area contributed by atoms with E-state index in [9.17, 15) is 22.0 Å². The standard InChI is InChI=1S/C14H11ClF5N5/c1-6(2)22-11-12-24-21-5-25(12)9-4-7(15)3-8(10(9)23-11)13(16,17)14(18,19)20/h3-6H,1-2H3,(H,22,23). The number of hydrogen-bond donors (Lipinski definition) is 1. The van der Waals surface area contributed by atoms with Crippen LogP contribution < -0.4 is 5.32 Å². The summed E-state index contributed by atoms with van der Waals surface area (Å²) in [6.45, 7) is 3.51. The molecule has 0 unspecified atom stereocenters. The van der Waals surface area contributed by atoms with Gasteiger partial charge in [0.05, 0.1) is 16.6 Å². The van der Waals surface area contributed by atoms with E-state index in [-0.39, 0.29) is 28.0 Å². The van der Waals surface area contributed by atoms with Crippen molar-refractivity contribution in [3.05, 3.63) is 29.0 Å². The summed E-state index contributed by atoms with van der Waals surface area (Å²) in [5, 5.41) is 10.1. The summed E-state index contributed by atoms with van der Waals surface area (Å²) in [7, 11) is 0. The molecular weight excluding hydrogens is 369 g/mol. The van der Waals surface area contributed by atoms with Gasteiger partial charge in [0.15, 0.2) is 5.82 Å². The molecule has 0 amide bonds. The molecule has 0 radical (unpaired) electrons. The third-order valence-corrected chi connectivity index (χ3v) is 3.64. The highest BCUT2D eigenvalue weighted by molar-refractivity contribution is 6.31. The van der Waals surface area contributed by atoms with Crippen LogP contribution >= 0.6 is 11.6 Å². The number of hydrogen-bond acceptors (Lipinski definition) is 4. The van der Waals surface area contributed by atoms with E-state index in [1.165, 1.54) is 16.8 Å². The minimum atomic E-state index is -5.79. The van der Waals surface area contributed by atoms with E-state index in [1.54, 1.807) is 13.8 Å². The lowest BCUT2D eigenvalue weighted by atomic mass is 10.1. The molecule has 0 bridgehead atoms. The van der Waals surface area contributed by atoms with Crippen LogP contribution in [0.25, 0.3) is 16.7 Å². The zero-order chi connectivity index (χ0) is 18.6. The first-order chi connectivity index (χ1) is 11.5. The Labute approximate surface area is 142 Å². The van der Waals surface area contributed by atoms with E-state index in [4.69, 9.17) is 11.6 Å². The van der Waals surface area contributed by atoms with Crippen LogP contribution in [0.2, 0.25) is 5.02 Å². The first kappa shape index (κ1) is 17.6. The Hall–Kier alpha value is -2.23. The summed E-state index contributed by atoms with van der Waals surface area (Å²) in [4.78, 5) is 3.96. The van der Waals surface area contributed by atoms with Crippen molar-refractivity contribution in [3.63, 3.8) is 0 Å². The van der Waals surface area contributed by atoms with Gasteiger partial charge >= 0.3 is 12.1 Å². The molecule has 1 aromatic carbocycles. The number of nitrogens with zero attached hydrogens (tertiary/aromatic N) is 4. The summed E-state index contributed by atoms with van der Waals surface area (Å²) < 4.78 is 67.9. The normalized spacial score (nSPS) is 13.2. The molecule has 0 aliphatic rings. The molecule has 0 fully saturated rings. The van der Waals surface area contributed by atoms with E-state index in [0.29, 0.717) is 6.07 Å². The summed E-state index contributed by atoms with van der Waals surface area (Å²) >= 11 is 5.77. The maximum atomic E-state index is 14.0. The van der Waals surface area contributed by atoms with Gasteiger partial charge in [0.2, 0.25) is 5.65 Å². The predicted molar refractivity (Wildman–Crippen MR) is 82.0 cm³/mol. The van der Waals surface area contributed by atoms with E-state index in [0.717, 1.165) is 0 Å². The number of anilines is 1. The molecule has 134 valence electrons. The topological polar surface area (TPSA) is 55.1 Å². The molecule has 0 saturated carbocycles. The average Bonchev–Trinajstić information content (AvgIpc) is 2.95. The van der Waals surface area contributed by atoms with Gasteiger partial charge in [-0.25, -0.2) is 4.98 Å². The van der Waals surface area contributed by atoms with Crippen molar-refractivity contribution in [3.8, 4) is 0 Å². The second-order valence-electron chi connectivity index (χ2n) is 5.68. The lowest BCUT2D eigenvalue weighted by Crippen LogP contribution is -2.34. The monoisotopic (exact) mass is 379 g/mol. The zero-order valence-corrected chi connectivity index (χ0v) is 13.6. The smallest absolute Gasteiger partial charge is 0.365 e. The van der Waals surface area contributed by atoms with E-state index in [1.807, 2.05) is 0 Å². The SMILES string of the molecule is CC(C)Nc1nc2c(C(F)(F)C(F)(F)F)cc(Cl)cc2n2cnnc12. The van der Waals surface area contributed by atoms with Crippen LogP contribution in [0.15, 0.2) is 18.5 Å². The van der Waals surface area contributed by atoms with Crippen molar-refractivity contribution in [2.75, 3.05) is 5.32 Å². The second kappa shape index (κ2) is 5.65. The highest BCUT2D eigenvalue weighted by atomic mass is 35.5. The van der Waals surface area contributed by atoms with Crippen LogP contribution in [0.3, 0.4) is 0 Å². The number of aromatic nitrogens is 4. The minimum absolute atomic E-state index is 0.0431. The molecule has 2 heterocycles. The fraction of sp³-hybridized carbons (Fsp3) is 0.357. The Morgan fingerprint density at radius 3 is 2.44 bits per heavy atom. The van der Waals surface area contributed by atoms with Crippen LogP contribution in [0.4, 0.5) is 27.8 Å². The van der Waals surface area contributed by atoms with Gasteiger partial charge in [0.25, 0.3) is 0 Å². The maximum absolute atomic E-state index is 14.0. The Balaban J connectivity index is 2.43. The average molecular weight is 380 g/mol. The van der Waals surface area contributed by atoms with Crippen molar-refractivity contribution < 1.29 is 22.0 Å². The Bertz CT molecular complexity index is 950. The summed E-state index contributed by atoms with van der Waals surface area (Å²) in [6.07, 6.45) is -4.60. The number of alkyl halides is 5. The molecule has 0 aliphatic heterocycles. The van der Waals surface area contributed by atoms with E-state index >= 15 is 0 Å². The van der Waals surface area contributed by atoms with Gasteiger partial charge in [-0.15, -0.1) is 10.2 Å². The molecule has 3 rings (SSSR count). The first-order valence-corrected chi connectivity index (χ1v) is 7.44. The van der Waals surface area contributed by atoms with Crippen LogP contribution in [0.5, 0.6) is 0 Å². The van der Waals surface area contributed by atoms with E-state index < -0.39 is 23.2 Å². The van der Waals surface area contributed by atoms with Crippen LogP contribution in [-0.4, -0.2) is 31.8 Å². The molecule has 25 heavy (non-hydrogen) atoms. The zero-order valence-electron chi connectivity index (χ0n) is 12.9. The molecule has 3 aromatic rings. The molecule has 0 saturated heterocycles. The molecular formula is C14H11ClF5N5. The quantitative estimate of drug-likeness (QED) is 0.685. The predicted octanol–water partition coefficient (Wildman–Crippen LogP) is 4.41. The van der Waals surface area contributed by atoms with Gasteiger partial charge < -0.3 is 5.32 Å². The van der Waals surface area contributed by atoms with Gasteiger partial charge in [-0.05, 0) is 26.0 Å². The molecule has 0 aliphatic carbocycles. The van der Waals surface area contributed by atoms with Gasteiger partial charge in [-0.1, -0.05) is 11.6 Å².